The van der Waals surface area contributed by atoms with Gasteiger partial charge in [0.25, 0.3) is 11.6 Å². The Morgan fingerprint density at radius 3 is 2.52 bits per heavy atom. The van der Waals surface area contributed by atoms with Crippen LogP contribution in [0.25, 0.3) is 0 Å². The van der Waals surface area contributed by atoms with Gasteiger partial charge < -0.3 is 10.4 Å². The number of anilines is 1. The molecule has 1 amide bonds. The summed E-state index contributed by atoms with van der Waals surface area (Å²) < 4.78 is 26.7. The SMILES string of the molecule is O=C(Nc1ccc(O)cc1F)c1cc(F)cc([N+](=O)[O-])c1. The van der Waals surface area contributed by atoms with E-state index in [4.69, 9.17) is 5.11 Å². The summed E-state index contributed by atoms with van der Waals surface area (Å²) in [5.74, 6) is -3.09. The van der Waals surface area contributed by atoms with Gasteiger partial charge in [-0.2, -0.15) is 0 Å². The zero-order chi connectivity index (χ0) is 15.6. The molecule has 0 radical (unpaired) electrons. The maximum absolute atomic E-state index is 13.5. The average molecular weight is 294 g/mol. The molecule has 2 aromatic carbocycles. The third kappa shape index (κ3) is 3.30. The minimum Gasteiger partial charge on any atom is -0.508 e. The molecular formula is C13H8F2N2O4. The molecule has 0 aliphatic heterocycles. The van der Waals surface area contributed by atoms with Crippen LogP contribution >= 0.6 is 0 Å². The van der Waals surface area contributed by atoms with Gasteiger partial charge in [-0.05, 0) is 18.2 Å². The molecule has 0 heterocycles. The van der Waals surface area contributed by atoms with Crippen LogP contribution in [0.5, 0.6) is 5.75 Å². The monoisotopic (exact) mass is 294 g/mol. The van der Waals surface area contributed by atoms with Crippen LogP contribution in [-0.2, 0) is 0 Å². The van der Waals surface area contributed by atoms with Crippen LogP contribution in [0.3, 0.4) is 0 Å². The lowest BCUT2D eigenvalue weighted by atomic mass is 10.1. The Morgan fingerprint density at radius 1 is 1.19 bits per heavy atom. The largest absolute Gasteiger partial charge is 0.508 e. The molecule has 0 fully saturated rings. The third-order valence-electron chi connectivity index (χ3n) is 2.56. The molecule has 0 saturated heterocycles. The van der Waals surface area contributed by atoms with Crippen molar-refractivity contribution in [3.8, 4) is 5.75 Å². The van der Waals surface area contributed by atoms with Gasteiger partial charge in [0.1, 0.15) is 17.4 Å². The Labute approximate surface area is 116 Å². The molecule has 0 aliphatic rings. The summed E-state index contributed by atoms with van der Waals surface area (Å²) in [6.07, 6.45) is 0. The molecule has 2 rings (SSSR count). The van der Waals surface area contributed by atoms with E-state index in [-0.39, 0.29) is 17.0 Å². The number of phenols is 1. The van der Waals surface area contributed by atoms with E-state index in [9.17, 15) is 23.7 Å². The van der Waals surface area contributed by atoms with Crippen LogP contribution in [0.1, 0.15) is 10.4 Å². The van der Waals surface area contributed by atoms with Gasteiger partial charge in [0.05, 0.1) is 16.7 Å². The van der Waals surface area contributed by atoms with Crippen molar-refractivity contribution in [1.29, 1.82) is 0 Å². The van der Waals surface area contributed by atoms with Crippen LogP contribution < -0.4 is 5.32 Å². The molecule has 2 N–H and O–H groups in total. The fraction of sp³-hybridized carbons (Fsp3) is 0. The van der Waals surface area contributed by atoms with E-state index in [2.05, 4.69) is 5.32 Å². The van der Waals surface area contributed by atoms with Gasteiger partial charge in [0.2, 0.25) is 0 Å². The molecule has 6 nitrogen and oxygen atoms in total. The Hall–Kier alpha value is -3.03. The predicted molar refractivity (Wildman–Crippen MR) is 69.1 cm³/mol. The highest BCUT2D eigenvalue weighted by atomic mass is 19.1. The molecule has 108 valence electrons. The second-order valence-electron chi connectivity index (χ2n) is 4.07. The molecule has 0 aromatic heterocycles. The quantitative estimate of drug-likeness (QED) is 0.517. The molecule has 0 atom stereocenters. The van der Waals surface area contributed by atoms with Crippen LogP contribution in [-0.4, -0.2) is 15.9 Å². The maximum atomic E-state index is 13.5. The maximum Gasteiger partial charge on any atom is 0.273 e. The summed E-state index contributed by atoms with van der Waals surface area (Å²) >= 11 is 0. The lowest BCUT2D eigenvalue weighted by Crippen LogP contribution is -2.13. The number of non-ortho nitro benzene ring substituents is 1. The Morgan fingerprint density at radius 2 is 1.90 bits per heavy atom. The number of phenolic OH excluding ortho intramolecular Hbond substituents is 1. The smallest absolute Gasteiger partial charge is 0.273 e. The number of aromatic hydroxyl groups is 1. The first-order chi connectivity index (χ1) is 9.86. The number of nitrogens with one attached hydrogen (secondary N) is 1. The van der Waals surface area contributed by atoms with Crippen LogP contribution in [0.4, 0.5) is 20.2 Å². The number of benzene rings is 2. The van der Waals surface area contributed by atoms with Gasteiger partial charge in [-0.15, -0.1) is 0 Å². The molecule has 0 saturated carbocycles. The third-order valence-corrected chi connectivity index (χ3v) is 2.56. The van der Waals surface area contributed by atoms with E-state index < -0.39 is 28.2 Å². The average Bonchev–Trinajstić information content (AvgIpc) is 2.41. The summed E-state index contributed by atoms with van der Waals surface area (Å²) in [6.45, 7) is 0. The van der Waals surface area contributed by atoms with Gasteiger partial charge in [0.15, 0.2) is 0 Å². The minimum atomic E-state index is -0.958. The molecule has 0 unspecified atom stereocenters. The number of nitro benzene ring substituents is 1. The number of nitro groups is 1. The van der Waals surface area contributed by atoms with Crippen molar-refractivity contribution in [3.63, 3.8) is 0 Å². The molecular weight excluding hydrogens is 286 g/mol. The van der Waals surface area contributed by atoms with Crippen molar-refractivity contribution < 1.29 is 23.6 Å². The minimum absolute atomic E-state index is 0.246. The highest BCUT2D eigenvalue weighted by Gasteiger charge is 2.16. The van der Waals surface area contributed by atoms with Crippen LogP contribution in [0.15, 0.2) is 36.4 Å². The topological polar surface area (TPSA) is 92.5 Å². The zero-order valence-corrected chi connectivity index (χ0v) is 10.3. The normalized spacial score (nSPS) is 10.2. The molecule has 21 heavy (non-hydrogen) atoms. The van der Waals surface area contributed by atoms with Crippen LogP contribution in [0, 0.1) is 21.7 Å². The predicted octanol–water partition coefficient (Wildman–Crippen LogP) is 2.83. The molecule has 2 aromatic rings. The number of hydrogen-bond donors (Lipinski definition) is 2. The molecule has 0 spiro atoms. The Bertz CT molecular complexity index is 734. The van der Waals surface area contributed by atoms with Crippen molar-refractivity contribution >= 4 is 17.3 Å². The van der Waals surface area contributed by atoms with E-state index >= 15 is 0 Å². The summed E-state index contributed by atoms with van der Waals surface area (Å²) in [7, 11) is 0. The first kappa shape index (κ1) is 14.4. The first-order valence-electron chi connectivity index (χ1n) is 5.61. The van der Waals surface area contributed by atoms with Crippen molar-refractivity contribution in [2.75, 3.05) is 5.32 Å². The van der Waals surface area contributed by atoms with Crippen LogP contribution in [0.2, 0.25) is 0 Å². The van der Waals surface area contributed by atoms with E-state index in [1.54, 1.807) is 0 Å². The highest BCUT2D eigenvalue weighted by Crippen LogP contribution is 2.21. The number of halogens is 2. The van der Waals surface area contributed by atoms with Crippen molar-refractivity contribution in [3.05, 3.63) is 63.7 Å². The van der Waals surface area contributed by atoms with Gasteiger partial charge >= 0.3 is 0 Å². The number of hydrogen-bond acceptors (Lipinski definition) is 4. The van der Waals surface area contributed by atoms with E-state index in [1.165, 1.54) is 0 Å². The van der Waals surface area contributed by atoms with Gasteiger partial charge in [0, 0.05) is 17.7 Å². The standard InChI is InChI=1S/C13H8F2N2O4/c14-8-3-7(4-9(5-8)17(20)21)13(19)16-12-2-1-10(18)6-11(12)15/h1-6,18H,(H,16,19). The van der Waals surface area contributed by atoms with Gasteiger partial charge in [-0.3, -0.25) is 14.9 Å². The number of amides is 1. The first-order valence-corrected chi connectivity index (χ1v) is 5.61. The fourth-order valence-corrected chi connectivity index (χ4v) is 1.61. The molecule has 8 heteroatoms. The number of carbonyl (C=O) groups is 1. The molecule has 0 aliphatic carbocycles. The fourth-order valence-electron chi connectivity index (χ4n) is 1.61. The summed E-state index contributed by atoms with van der Waals surface area (Å²) in [5.41, 5.74) is -1.16. The Balaban J connectivity index is 2.30. The Kier molecular flexibility index (Phi) is 3.79. The number of carbonyl (C=O) groups excluding carboxylic acids is 1. The highest BCUT2D eigenvalue weighted by molar-refractivity contribution is 6.04. The van der Waals surface area contributed by atoms with E-state index in [0.717, 1.165) is 30.3 Å². The zero-order valence-electron chi connectivity index (χ0n) is 10.3. The van der Waals surface area contributed by atoms with Crippen molar-refractivity contribution in [2.24, 2.45) is 0 Å². The number of nitrogens with zero attached hydrogens (tertiary/aromatic N) is 1. The van der Waals surface area contributed by atoms with Crippen molar-refractivity contribution in [2.45, 2.75) is 0 Å². The number of rotatable bonds is 3. The lowest BCUT2D eigenvalue weighted by Gasteiger charge is -2.07. The van der Waals surface area contributed by atoms with Gasteiger partial charge in [-0.25, -0.2) is 8.78 Å². The molecule has 0 bridgehead atoms. The van der Waals surface area contributed by atoms with Crippen molar-refractivity contribution in [1.82, 2.24) is 0 Å². The van der Waals surface area contributed by atoms with E-state index in [0.29, 0.717) is 6.07 Å². The second-order valence-corrected chi connectivity index (χ2v) is 4.07. The van der Waals surface area contributed by atoms with E-state index in [1.807, 2.05) is 0 Å². The van der Waals surface area contributed by atoms with Gasteiger partial charge in [-0.1, -0.05) is 0 Å². The summed E-state index contributed by atoms with van der Waals surface area (Å²) in [6, 6.07) is 5.36. The second kappa shape index (κ2) is 5.53. The summed E-state index contributed by atoms with van der Waals surface area (Å²) in [5, 5.41) is 21.8. The lowest BCUT2D eigenvalue weighted by molar-refractivity contribution is -0.385. The summed E-state index contributed by atoms with van der Waals surface area (Å²) in [4.78, 5) is 21.6.